The van der Waals surface area contributed by atoms with Gasteiger partial charge in [0, 0.05) is 6.04 Å². The lowest BCUT2D eigenvalue weighted by molar-refractivity contribution is -0.0774. The third-order valence-electron chi connectivity index (χ3n) is 5.77. The van der Waals surface area contributed by atoms with Gasteiger partial charge in [-0.05, 0) is 56.3 Å². The van der Waals surface area contributed by atoms with Crippen molar-refractivity contribution in [3.63, 3.8) is 0 Å². The molecule has 90 valence electrons. The van der Waals surface area contributed by atoms with Gasteiger partial charge in [-0.25, -0.2) is 0 Å². The Kier molecular flexibility index (Phi) is 1.85. The number of nitrogens with two attached hydrogens (primary N) is 1. The molecule has 1 spiro atoms. The Hall–Kier alpha value is -0.120. The first-order valence-electron chi connectivity index (χ1n) is 6.75. The molecular weight excluding hydrogens is 202 g/mol. The lowest BCUT2D eigenvalue weighted by Crippen LogP contribution is -2.45. The van der Waals surface area contributed by atoms with Gasteiger partial charge in [-0.3, -0.25) is 0 Å². The van der Waals surface area contributed by atoms with Gasteiger partial charge in [-0.2, -0.15) is 0 Å². The highest BCUT2D eigenvalue weighted by Crippen LogP contribution is 2.63. The van der Waals surface area contributed by atoms with Crippen molar-refractivity contribution in [3.8, 4) is 0 Å². The van der Waals surface area contributed by atoms with Crippen LogP contribution in [0.3, 0.4) is 0 Å². The van der Waals surface area contributed by atoms with E-state index in [1.165, 1.54) is 19.3 Å². The molecule has 3 aliphatic carbocycles. The van der Waals surface area contributed by atoms with Gasteiger partial charge in [-0.15, -0.1) is 0 Å². The highest BCUT2D eigenvalue weighted by molar-refractivity contribution is 5.14. The van der Waals surface area contributed by atoms with Crippen LogP contribution < -0.4 is 5.73 Å². The van der Waals surface area contributed by atoms with Crippen molar-refractivity contribution in [2.24, 2.45) is 23.0 Å². The summed E-state index contributed by atoms with van der Waals surface area (Å²) in [6.07, 6.45) is 7.11. The van der Waals surface area contributed by atoms with Crippen molar-refractivity contribution in [3.05, 3.63) is 0 Å². The minimum Gasteiger partial charge on any atom is -0.347 e. The predicted octanol–water partition coefficient (Wildman–Crippen LogP) is 1.65. The number of hydrogen-bond acceptors (Lipinski definition) is 3. The van der Waals surface area contributed by atoms with Gasteiger partial charge in [0.25, 0.3) is 0 Å². The second kappa shape index (κ2) is 3.01. The molecule has 1 heterocycles. The van der Waals surface area contributed by atoms with Gasteiger partial charge in [-0.1, -0.05) is 0 Å². The van der Waals surface area contributed by atoms with Gasteiger partial charge < -0.3 is 15.2 Å². The summed E-state index contributed by atoms with van der Waals surface area (Å²) in [5, 5.41) is 0. The normalized spacial score (nSPS) is 63.4. The molecule has 3 nitrogen and oxygen atoms in total. The third kappa shape index (κ3) is 1.05. The topological polar surface area (TPSA) is 44.5 Å². The van der Waals surface area contributed by atoms with Crippen molar-refractivity contribution >= 4 is 0 Å². The van der Waals surface area contributed by atoms with Crippen LogP contribution in [-0.4, -0.2) is 24.5 Å². The van der Waals surface area contributed by atoms with Gasteiger partial charge >= 0.3 is 0 Å². The minimum absolute atomic E-state index is 0.00200. The summed E-state index contributed by atoms with van der Waals surface area (Å²) in [5.74, 6) is 1.65. The van der Waals surface area contributed by atoms with Crippen LogP contribution in [0.2, 0.25) is 0 Å². The monoisotopic (exact) mass is 223 g/mol. The molecule has 3 saturated carbocycles. The second-order valence-corrected chi connectivity index (χ2v) is 6.35. The van der Waals surface area contributed by atoms with Crippen molar-refractivity contribution < 1.29 is 9.47 Å². The molecule has 1 aliphatic heterocycles. The highest BCUT2D eigenvalue weighted by atomic mass is 16.7. The number of hydrogen-bond donors (Lipinski definition) is 1. The van der Waals surface area contributed by atoms with Crippen molar-refractivity contribution in [2.45, 2.75) is 63.6 Å². The lowest BCUT2D eigenvalue weighted by atomic mass is 9.68. The van der Waals surface area contributed by atoms with E-state index in [4.69, 9.17) is 15.2 Å². The van der Waals surface area contributed by atoms with E-state index in [1.807, 2.05) is 6.92 Å². The Morgan fingerprint density at radius 3 is 2.38 bits per heavy atom. The summed E-state index contributed by atoms with van der Waals surface area (Å²) in [5.41, 5.74) is 6.86. The molecule has 0 aromatic rings. The van der Waals surface area contributed by atoms with E-state index in [0.717, 1.165) is 24.7 Å². The van der Waals surface area contributed by atoms with Crippen LogP contribution in [0.5, 0.6) is 0 Å². The Morgan fingerprint density at radius 2 is 1.81 bits per heavy atom. The summed E-state index contributed by atoms with van der Waals surface area (Å²) in [7, 11) is 0. The van der Waals surface area contributed by atoms with Gasteiger partial charge in [0.2, 0.25) is 0 Å². The van der Waals surface area contributed by atoms with Crippen LogP contribution in [0.25, 0.3) is 0 Å². The highest BCUT2D eigenvalue weighted by Gasteiger charge is 2.63. The zero-order valence-corrected chi connectivity index (χ0v) is 9.89. The van der Waals surface area contributed by atoms with E-state index in [1.54, 1.807) is 0 Å². The van der Waals surface area contributed by atoms with Gasteiger partial charge in [0.05, 0.1) is 12.2 Å². The molecule has 0 aromatic carbocycles. The SMILES string of the molecule is C[C@H]1OC2C[C@@]3(C[C@H]2O1)[C@H]1CCC(C1)[C@H]3N. The van der Waals surface area contributed by atoms with E-state index >= 15 is 0 Å². The van der Waals surface area contributed by atoms with Gasteiger partial charge in [0.15, 0.2) is 6.29 Å². The van der Waals surface area contributed by atoms with Crippen LogP contribution in [-0.2, 0) is 9.47 Å². The molecule has 0 aromatic heterocycles. The third-order valence-corrected chi connectivity index (χ3v) is 5.77. The number of rotatable bonds is 0. The molecule has 0 amide bonds. The first-order chi connectivity index (χ1) is 7.69. The molecule has 16 heavy (non-hydrogen) atoms. The standard InChI is InChI=1S/C13H21NO2/c1-7-15-10-5-13(6-11(10)16-7)9-3-2-8(4-9)12(13)14/h7-12H,2-6,14H2,1H3/t7-,8?,9-,10?,11+,12+,13+/m0/s1. The van der Waals surface area contributed by atoms with Crippen molar-refractivity contribution in [2.75, 3.05) is 0 Å². The quantitative estimate of drug-likeness (QED) is 0.679. The molecule has 2 N–H and O–H groups in total. The molecule has 3 heteroatoms. The average Bonchev–Trinajstić information content (AvgIpc) is 2.89. The predicted molar refractivity (Wildman–Crippen MR) is 59.7 cm³/mol. The molecule has 1 saturated heterocycles. The molecule has 4 fully saturated rings. The fourth-order valence-corrected chi connectivity index (χ4v) is 5.10. The number of fused-ring (bicyclic) bond motifs is 4. The van der Waals surface area contributed by atoms with E-state index in [0.29, 0.717) is 23.7 Å². The molecule has 2 unspecified atom stereocenters. The maximum atomic E-state index is 6.49. The zero-order chi connectivity index (χ0) is 10.9. The maximum Gasteiger partial charge on any atom is 0.155 e. The molecule has 4 rings (SSSR count). The van der Waals surface area contributed by atoms with Crippen molar-refractivity contribution in [1.29, 1.82) is 0 Å². The first kappa shape index (κ1) is 9.86. The molecule has 0 radical (unpaired) electrons. The molecule has 7 atom stereocenters. The van der Waals surface area contributed by atoms with Crippen LogP contribution in [0.4, 0.5) is 0 Å². The summed E-state index contributed by atoms with van der Waals surface area (Å²) >= 11 is 0. The fourth-order valence-electron chi connectivity index (χ4n) is 5.10. The van der Waals surface area contributed by atoms with Gasteiger partial charge in [0.1, 0.15) is 0 Å². The van der Waals surface area contributed by atoms with Crippen LogP contribution in [0.15, 0.2) is 0 Å². The first-order valence-corrected chi connectivity index (χ1v) is 6.75. The van der Waals surface area contributed by atoms with Crippen LogP contribution in [0, 0.1) is 17.3 Å². The van der Waals surface area contributed by atoms with E-state index in [-0.39, 0.29) is 6.29 Å². The van der Waals surface area contributed by atoms with E-state index < -0.39 is 0 Å². The van der Waals surface area contributed by atoms with Crippen LogP contribution in [0.1, 0.15) is 39.0 Å². The van der Waals surface area contributed by atoms with Crippen LogP contribution >= 0.6 is 0 Å². The average molecular weight is 223 g/mol. The fraction of sp³-hybridized carbons (Fsp3) is 1.00. The minimum atomic E-state index is 0.00200. The largest absolute Gasteiger partial charge is 0.347 e. The number of ether oxygens (including phenoxy) is 2. The summed E-state index contributed by atoms with van der Waals surface area (Å²) in [6, 6.07) is 0.416. The summed E-state index contributed by atoms with van der Waals surface area (Å²) < 4.78 is 11.7. The molecule has 2 bridgehead atoms. The lowest BCUT2D eigenvalue weighted by Gasteiger charge is -2.39. The Morgan fingerprint density at radius 1 is 1.12 bits per heavy atom. The summed E-state index contributed by atoms with van der Waals surface area (Å²) in [4.78, 5) is 0. The second-order valence-electron chi connectivity index (χ2n) is 6.35. The maximum absolute atomic E-state index is 6.49. The summed E-state index contributed by atoms with van der Waals surface area (Å²) in [6.45, 7) is 2.01. The molecule has 4 aliphatic rings. The smallest absolute Gasteiger partial charge is 0.155 e. The molecular formula is C13H21NO2. The zero-order valence-electron chi connectivity index (χ0n) is 9.89. The Bertz CT molecular complexity index is 301. The van der Waals surface area contributed by atoms with E-state index in [2.05, 4.69) is 0 Å². The Labute approximate surface area is 96.7 Å². The Balaban J connectivity index is 1.62. The van der Waals surface area contributed by atoms with Crippen molar-refractivity contribution in [1.82, 2.24) is 0 Å². The van der Waals surface area contributed by atoms with E-state index in [9.17, 15) is 0 Å².